The van der Waals surface area contributed by atoms with E-state index in [0.717, 1.165) is 30.5 Å². The quantitative estimate of drug-likeness (QED) is 0.834. The van der Waals surface area contributed by atoms with E-state index in [9.17, 15) is 9.59 Å². The summed E-state index contributed by atoms with van der Waals surface area (Å²) in [4.78, 5) is 31.7. The number of nitrogens with two attached hydrogens (primary N) is 1. The molecule has 0 unspecified atom stereocenters. The molecule has 7 heteroatoms. The third kappa shape index (κ3) is 3.46. The lowest BCUT2D eigenvalue weighted by Crippen LogP contribution is -2.47. The summed E-state index contributed by atoms with van der Waals surface area (Å²) in [5, 5.41) is 2.88. The van der Waals surface area contributed by atoms with Gasteiger partial charge in [0.15, 0.2) is 0 Å². The Kier molecular flexibility index (Phi) is 4.94. The molecule has 136 valence electrons. The van der Waals surface area contributed by atoms with E-state index in [1.807, 2.05) is 19.9 Å². The van der Waals surface area contributed by atoms with Crippen LogP contribution in [0.1, 0.15) is 48.3 Å². The van der Waals surface area contributed by atoms with Gasteiger partial charge in [-0.15, -0.1) is 0 Å². The summed E-state index contributed by atoms with van der Waals surface area (Å²) in [6.45, 7) is 4.15. The van der Waals surface area contributed by atoms with Gasteiger partial charge in [0.05, 0.1) is 7.11 Å². The highest BCUT2D eigenvalue weighted by Gasteiger charge is 2.39. The zero-order valence-corrected chi connectivity index (χ0v) is 15.0. The fourth-order valence-electron chi connectivity index (χ4n) is 3.64. The lowest BCUT2D eigenvalue weighted by atomic mass is 10.1. The highest BCUT2D eigenvalue weighted by atomic mass is 16.5. The number of amides is 2. The molecule has 1 saturated heterocycles. The lowest BCUT2D eigenvalue weighted by Gasteiger charge is -2.25. The van der Waals surface area contributed by atoms with Crippen molar-refractivity contribution in [3.63, 3.8) is 0 Å². The van der Waals surface area contributed by atoms with Crippen molar-refractivity contribution in [1.82, 2.24) is 15.2 Å². The number of nitrogens with zero attached hydrogens (tertiary/aromatic N) is 2. The van der Waals surface area contributed by atoms with Gasteiger partial charge in [0, 0.05) is 24.3 Å². The number of rotatable bonds is 4. The monoisotopic (exact) mass is 346 g/mol. The molecule has 7 nitrogen and oxygen atoms in total. The van der Waals surface area contributed by atoms with Crippen LogP contribution >= 0.6 is 0 Å². The fraction of sp³-hybridized carbons (Fsp3) is 0.611. The Bertz CT molecular complexity index is 689. The smallest absolute Gasteiger partial charge is 0.260 e. The third-order valence-electron chi connectivity index (χ3n) is 4.77. The van der Waals surface area contributed by atoms with Gasteiger partial charge in [-0.25, -0.2) is 4.98 Å². The van der Waals surface area contributed by atoms with Crippen molar-refractivity contribution in [3.8, 4) is 5.88 Å². The van der Waals surface area contributed by atoms with Gasteiger partial charge in [0.25, 0.3) is 5.91 Å². The topological polar surface area (TPSA) is 97.6 Å². The molecule has 2 heterocycles. The van der Waals surface area contributed by atoms with Gasteiger partial charge in [-0.3, -0.25) is 9.59 Å². The zero-order chi connectivity index (χ0) is 18.1. The van der Waals surface area contributed by atoms with Crippen LogP contribution in [-0.2, 0) is 17.6 Å². The maximum absolute atomic E-state index is 13.1. The van der Waals surface area contributed by atoms with E-state index in [1.54, 1.807) is 4.90 Å². The van der Waals surface area contributed by atoms with Crippen LogP contribution in [0.2, 0.25) is 0 Å². The maximum atomic E-state index is 13.1. The lowest BCUT2D eigenvalue weighted by molar-refractivity contribution is -0.125. The minimum atomic E-state index is -0.553. The zero-order valence-electron chi connectivity index (χ0n) is 15.0. The van der Waals surface area contributed by atoms with Gasteiger partial charge < -0.3 is 20.7 Å². The van der Waals surface area contributed by atoms with Crippen LogP contribution in [0.15, 0.2) is 6.07 Å². The standard InChI is InChI=1S/C18H26N4O3/c1-10(2)20-16(23)15-8-12(19)9-22(15)18(24)13-7-11-5-4-6-14(11)21-17(13)25-3/h7,10,12,15H,4-6,8-9,19H2,1-3H3,(H,20,23)/t12-,15-/m0/s1. The Morgan fingerprint density at radius 2 is 2.16 bits per heavy atom. The molecule has 2 aliphatic rings. The van der Waals surface area contributed by atoms with Gasteiger partial charge in [-0.1, -0.05) is 0 Å². The average molecular weight is 346 g/mol. The van der Waals surface area contributed by atoms with Gasteiger partial charge in [-0.05, 0) is 51.2 Å². The van der Waals surface area contributed by atoms with Crippen molar-refractivity contribution in [2.24, 2.45) is 5.73 Å². The number of hydrogen-bond acceptors (Lipinski definition) is 5. The van der Waals surface area contributed by atoms with Crippen molar-refractivity contribution in [2.45, 2.75) is 57.7 Å². The first-order valence-corrected chi connectivity index (χ1v) is 8.84. The van der Waals surface area contributed by atoms with Crippen LogP contribution in [0.5, 0.6) is 5.88 Å². The molecular formula is C18H26N4O3. The van der Waals surface area contributed by atoms with Gasteiger partial charge in [0.1, 0.15) is 11.6 Å². The number of aryl methyl sites for hydroxylation is 2. The number of hydrogen-bond donors (Lipinski definition) is 2. The fourth-order valence-corrected chi connectivity index (χ4v) is 3.64. The minimum Gasteiger partial charge on any atom is -0.480 e. The molecule has 0 aromatic carbocycles. The molecule has 1 aromatic rings. The van der Waals surface area contributed by atoms with Crippen LogP contribution in [0, 0.1) is 0 Å². The number of aromatic nitrogens is 1. The SMILES string of the molecule is COc1nc2c(cc1C(=O)N1C[C@@H](N)C[C@H]1C(=O)NC(C)C)CCC2. The van der Waals surface area contributed by atoms with Crippen molar-refractivity contribution in [1.29, 1.82) is 0 Å². The first kappa shape index (κ1) is 17.7. The summed E-state index contributed by atoms with van der Waals surface area (Å²) < 4.78 is 5.35. The molecule has 25 heavy (non-hydrogen) atoms. The number of carbonyl (C=O) groups is 2. The first-order chi connectivity index (χ1) is 11.9. The van der Waals surface area contributed by atoms with Crippen molar-refractivity contribution in [2.75, 3.05) is 13.7 Å². The Morgan fingerprint density at radius 1 is 1.40 bits per heavy atom. The van der Waals surface area contributed by atoms with E-state index in [4.69, 9.17) is 10.5 Å². The highest BCUT2D eigenvalue weighted by molar-refractivity contribution is 6.00. The molecular weight excluding hydrogens is 320 g/mol. The van der Waals surface area contributed by atoms with Crippen LogP contribution in [-0.4, -0.2) is 53.5 Å². The van der Waals surface area contributed by atoms with Crippen LogP contribution in [0.25, 0.3) is 0 Å². The van der Waals surface area contributed by atoms with E-state index in [1.165, 1.54) is 7.11 Å². The number of likely N-dealkylation sites (tertiary alicyclic amines) is 1. The molecule has 0 bridgehead atoms. The van der Waals surface area contributed by atoms with Crippen LogP contribution in [0.3, 0.4) is 0 Å². The Morgan fingerprint density at radius 3 is 2.84 bits per heavy atom. The second-order valence-corrected chi connectivity index (χ2v) is 7.14. The second kappa shape index (κ2) is 7.00. The molecule has 3 N–H and O–H groups in total. The Labute approximate surface area is 147 Å². The van der Waals surface area contributed by atoms with E-state index in [-0.39, 0.29) is 23.9 Å². The molecule has 0 spiro atoms. The molecule has 1 aromatic heterocycles. The summed E-state index contributed by atoms with van der Waals surface area (Å²) in [5.74, 6) is -0.0746. The number of methoxy groups -OCH3 is 1. The molecule has 2 atom stereocenters. The van der Waals surface area contributed by atoms with Crippen LogP contribution < -0.4 is 15.8 Å². The molecule has 0 saturated carbocycles. The largest absolute Gasteiger partial charge is 0.480 e. The number of carbonyl (C=O) groups excluding carboxylic acids is 2. The number of nitrogens with one attached hydrogen (secondary N) is 1. The van der Waals surface area contributed by atoms with Crippen molar-refractivity contribution >= 4 is 11.8 Å². The highest BCUT2D eigenvalue weighted by Crippen LogP contribution is 2.29. The number of ether oxygens (including phenoxy) is 1. The number of pyridine rings is 1. The summed E-state index contributed by atoms with van der Waals surface area (Å²) in [6.07, 6.45) is 3.33. The summed E-state index contributed by atoms with van der Waals surface area (Å²) in [7, 11) is 1.51. The third-order valence-corrected chi connectivity index (χ3v) is 4.77. The molecule has 3 rings (SSSR count). The van der Waals surface area contributed by atoms with E-state index in [2.05, 4.69) is 10.3 Å². The predicted molar refractivity (Wildman–Crippen MR) is 93.5 cm³/mol. The summed E-state index contributed by atoms with van der Waals surface area (Å²) in [6, 6.07) is 1.12. The molecule has 1 fully saturated rings. The molecule has 0 radical (unpaired) electrons. The van der Waals surface area contributed by atoms with Gasteiger partial charge in [-0.2, -0.15) is 0 Å². The van der Waals surface area contributed by atoms with Gasteiger partial charge in [0.2, 0.25) is 11.8 Å². The van der Waals surface area contributed by atoms with E-state index in [0.29, 0.717) is 24.4 Å². The Balaban J connectivity index is 1.90. The second-order valence-electron chi connectivity index (χ2n) is 7.14. The normalized spacial score (nSPS) is 22.2. The Hall–Kier alpha value is -2.15. The molecule has 2 amide bonds. The van der Waals surface area contributed by atoms with E-state index < -0.39 is 6.04 Å². The summed E-state index contributed by atoms with van der Waals surface area (Å²) in [5.41, 5.74) is 8.55. The van der Waals surface area contributed by atoms with Crippen molar-refractivity contribution in [3.05, 3.63) is 22.9 Å². The maximum Gasteiger partial charge on any atom is 0.260 e. The van der Waals surface area contributed by atoms with E-state index >= 15 is 0 Å². The van der Waals surface area contributed by atoms with Crippen molar-refractivity contribution < 1.29 is 14.3 Å². The molecule has 1 aliphatic heterocycles. The minimum absolute atomic E-state index is 0.0115. The predicted octanol–water partition coefficient (Wildman–Crippen LogP) is 0.645. The number of fused-ring (bicyclic) bond motifs is 1. The average Bonchev–Trinajstić information content (AvgIpc) is 3.17. The van der Waals surface area contributed by atoms with Gasteiger partial charge >= 0.3 is 0 Å². The van der Waals surface area contributed by atoms with Crippen LogP contribution in [0.4, 0.5) is 0 Å². The summed E-state index contributed by atoms with van der Waals surface area (Å²) >= 11 is 0. The first-order valence-electron chi connectivity index (χ1n) is 8.84. The molecule has 1 aliphatic carbocycles.